The molecule has 0 aliphatic rings. The van der Waals surface area contributed by atoms with Crippen molar-refractivity contribution in [1.82, 2.24) is 15.0 Å². The van der Waals surface area contributed by atoms with Crippen molar-refractivity contribution >= 4 is 20.8 Å². The predicted octanol–water partition coefficient (Wildman–Crippen LogP) is 0.828. The minimum absolute atomic E-state index is 0.143. The molecule has 1 aromatic heterocycles. The lowest BCUT2D eigenvalue weighted by Crippen LogP contribution is -2.31. The second-order valence-corrected chi connectivity index (χ2v) is 5.97. The van der Waals surface area contributed by atoms with Crippen LogP contribution in [0.15, 0.2) is 35.4 Å². The van der Waals surface area contributed by atoms with Crippen LogP contribution in [0.3, 0.4) is 0 Å². The van der Waals surface area contributed by atoms with Crippen LogP contribution in [0.25, 0.3) is 10.8 Å². The first kappa shape index (κ1) is 14.7. The summed E-state index contributed by atoms with van der Waals surface area (Å²) in [7, 11) is -3.61. The van der Waals surface area contributed by atoms with Gasteiger partial charge in [0.1, 0.15) is 0 Å². The Morgan fingerprint density at radius 2 is 2.00 bits per heavy atom. The van der Waals surface area contributed by atoms with Gasteiger partial charge in [-0.3, -0.25) is 0 Å². The number of likely N-dealkylation sites (N-methyl/N-ethyl adjacent to an activating group) is 1. The molecule has 0 atom stereocenters. The smallest absolute Gasteiger partial charge is 0.241 e. The molecule has 7 heteroatoms. The van der Waals surface area contributed by atoms with E-state index in [1.54, 1.807) is 18.2 Å². The SMILES string of the molecule is CCNCCNS(=O)(=O)c1cccc2c(O)nccc12. The number of aromatic nitrogens is 1. The van der Waals surface area contributed by atoms with E-state index in [0.29, 0.717) is 23.9 Å². The molecule has 0 radical (unpaired) electrons. The number of rotatable bonds is 6. The highest BCUT2D eigenvalue weighted by atomic mass is 32.2. The molecule has 0 bridgehead atoms. The summed E-state index contributed by atoms with van der Waals surface area (Å²) >= 11 is 0. The fourth-order valence-corrected chi connectivity index (χ4v) is 3.18. The molecule has 2 aromatic rings. The van der Waals surface area contributed by atoms with Gasteiger partial charge in [0.2, 0.25) is 15.9 Å². The number of sulfonamides is 1. The Morgan fingerprint density at radius 3 is 2.75 bits per heavy atom. The number of fused-ring (bicyclic) bond motifs is 1. The third-order valence-corrected chi connectivity index (χ3v) is 4.40. The second-order valence-electron chi connectivity index (χ2n) is 4.24. The van der Waals surface area contributed by atoms with Crippen molar-refractivity contribution in [3.63, 3.8) is 0 Å². The van der Waals surface area contributed by atoms with Gasteiger partial charge in [-0.25, -0.2) is 18.1 Å². The van der Waals surface area contributed by atoms with Gasteiger partial charge in [0.25, 0.3) is 0 Å². The van der Waals surface area contributed by atoms with Crippen LogP contribution in [-0.2, 0) is 10.0 Å². The Labute approximate surface area is 117 Å². The molecule has 0 saturated carbocycles. The Balaban J connectivity index is 2.35. The fraction of sp³-hybridized carbons (Fsp3) is 0.308. The number of hydrogen-bond acceptors (Lipinski definition) is 5. The van der Waals surface area contributed by atoms with Crippen LogP contribution in [0.2, 0.25) is 0 Å². The van der Waals surface area contributed by atoms with Crippen LogP contribution in [0.5, 0.6) is 5.88 Å². The van der Waals surface area contributed by atoms with E-state index in [-0.39, 0.29) is 10.8 Å². The molecule has 0 aliphatic heterocycles. The van der Waals surface area contributed by atoms with Gasteiger partial charge in [0, 0.05) is 30.1 Å². The molecular weight excluding hydrogens is 278 g/mol. The number of benzene rings is 1. The maximum atomic E-state index is 12.3. The predicted molar refractivity (Wildman–Crippen MR) is 77.1 cm³/mol. The molecule has 3 N–H and O–H groups in total. The number of nitrogens with zero attached hydrogens (tertiary/aromatic N) is 1. The van der Waals surface area contributed by atoms with Gasteiger partial charge in [-0.15, -0.1) is 0 Å². The lowest BCUT2D eigenvalue weighted by molar-refractivity contribution is 0.460. The van der Waals surface area contributed by atoms with Crippen LogP contribution in [-0.4, -0.2) is 38.1 Å². The van der Waals surface area contributed by atoms with Gasteiger partial charge in [-0.1, -0.05) is 13.0 Å². The van der Waals surface area contributed by atoms with Crippen molar-refractivity contribution in [3.05, 3.63) is 30.5 Å². The van der Waals surface area contributed by atoms with Crippen molar-refractivity contribution in [2.75, 3.05) is 19.6 Å². The van der Waals surface area contributed by atoms with Crippen molar-refractivity contribution in [2.45, 2.75) is 11.8 Å². The largest absolute Gasteiger partial charge is 0.493 e. The third-order valence-electron chi connectivity index (χ3n) is 2.88. The van der Waals surface area contributed by atoms with Gasteiger partial charge < -0.3 is 10.4 Å². The van der Waals surface area contributed by atoms with Crippen molar-refractivity contribution in [2.24, 2.45) is 0 Å². The Bertz CT molecular complexity index is 701. The van der Waals surface area contributed by atoms with Gasteiger partial charge in [-0.2, -0.15) is 0 Å². The number of aromatic hydroxyl groups is 1. The van der Waals surface area contributed by atoms with Gasteiger partial charge in [0.15, 0.2) is 0 Å². The molecule has 0 amide bonds. The van der Waals surface area contributed by atoms with Gasteiger partial charge in [0.05, 0.1) is 4.90 Å². The van der Waals surface area contributed by atoms with E-state index in [9.17, 15) is 13.5 Å². The summed E-state index contributed by atoms with van der Waals surface area (Å²) in [4.78, 5) is 3.89. The van der Waals surface area contributed by atoms with Crippen molar-refractivity contribution < 1.29 is 13.5 Å². The first-order valence-corrected chi connectivity index (χ1v) is 7.81. The zero-order valence-corrected chi connectivity index (χ0v) is 11.9. The first-order chi connectivity index (χ1) is 9.56. The monoisotopic (exact) mass is 295 g/mol. The lowest BCUT2D eigenvalue weighted by atomic mass is 10.2. The standard InChI is InChI=1S/C13H17N3O3S/c1-2-14-8-9-16-20(18,19)12-5-3-4-11-10(12)6-7-15-13(11)17/h3-7,14,16H,2,8-9H2,1H3,(H,15,17). The topological polar surface area (TPSA) is 91.3 Å². The zero-order valence-electron chi connectivity index (χ0n) is 11.1. The highest BCUT2D eigenvalue weighted by Crippen LogP contribution is 2.27. The van der Waals surface area contributed by atoms with Crippen LogP contribution < -0.4 is 10.0 Å². The molecule has 2 rings (SSSR count). The molecule has 108 valence electrons. The number of pyridine rings is 1. The summed E-state index contributed by atoms with van der Waals surface area (Å²) in [5, 5.41) is 13.6. The maximum absolute atomic E-state index is 12.3. The highest BCUT2D eigenvalue weighted by molar-refractivity contribution is 7.89. The van der Waals surface area contributed by atoms with Crippen LogP contribution in [0, 0.1) is 0 Å². The molecule has 0 saturated heterocycles. The van der Waals surface area contributed by atoms with Crippen LogP contribution in [0.4, 0.5) is 0 Å². The maximum Gasteiger partial charge on any atom is 0.241 e. The second kappa shape index (κ2) is 6.17. The first-order valence-electron chi connectivity index (χ1n) is 6.33. The Morgan fingerprint density at radius 1 is 1.20 bits per heavy atom. The third kappa shape index (κ3) is 3.06. The Kier molecular flexibility index (Phi) is 4.53. The minimum Gasteiger partial charge on any atom is -0.493 e. The number of nitrogens with one attached hydrogen (secondary N) is 2. The highest BCUT2D eigenvalue weighted by Gasteiger charge is 2.17. The van der Waals surface area contributed by atoms with E-state index >= 15 is 0 Å². The molecule has 6 nitrogen and oxygen atoms in total. The summed E-state index contributed by atoms with van der Waals surface area (Å²) in [6, 6.07) is 6.31. The molecule has 0 fully saturated rings. The minimum atomic E-state index is -3.61. The summed E-state index contributed by atoms with van der Waals surface area (Å²) in [5.41, 5.74) is 0. The summed E-state index contributed by atoms with van der Waals surface area (Å²) in [5.74, 6) is -0.174. The van der Waals surface area contributed by atoms with Crippen molar-refractivity contribution in [1.29, 1.82) is 0 Å². The zero-order chi connectivity index (χ0) is 14.6. The lowest BCUT2D eigenvalue weighted by Gasteiger charge is -2.10. The summed E-state index contributed by atoms with van der Waals surface area (Å²) in [6.45, 7) is 3.61. The molecular formula is C13H17N3O3S. The molecule has 0 unspecified atom stereocenters. The molecule has 1 heterocycles. The number of hydrogen-bond donors (Lipinski definition) is 3. The average Bonchev–Trinajstić information content (AvgIpc) is 2.43. The molecule has 20 heavy (non-hydrogen) atoms. The normalized spacial score (nSPS) is 11.8. The molecule has 0 aliphatic carbocycles. The molecule has 0 spiro atoms. The Hall–Kier alpha value is -1.70. The quantitative estimate of drug-likeness (QED) is 0.687. The van der Waals surface area contributed by atoms with E-state index < -0.39 is 10.0 Å². The average molecular weight is 295 g/mol. The van der Waals surface area contributed by atoms with E-state index in [0.717, 1.165) is 6.54 Å². The fourth-order valence-electron chi connectivity index (χ4n) is 1.93. The molecule has 1 aromatic carbocycles. The van der Waals surface area contributed by atoms with E-state index in [4.69, 9.17) is 0 Å². The van der Waals surface area contributed by atoms with Gasteiger partial charge in [-0.05, 0) is 24.7 Å². The summed E-state index contributed by atoms with van der Waals surface area (Å²) < 4.78 is 27.1. The van der Waals surface area contributed by atoms with Gasteiger partial charge >= 0.3 is 0 Å². The van der Waals surface area contributed by atoms with E-state index in [2.05, 4.69) is 15.0 Å². The van der Waals surface area contributed by atoms with Crippen molar-refractivity contribution in [3.8, 4) is 5.88 Å². The van der Waals surface area contributed by atoms with Crippen LogP contribution >= 0.6 is 0 Å². The van der Waals surface area contributed by atoms with E-state index in [1.165, 1.54) is 12.3 Å². The summed E-state index contributed by atoms with van der Waals surface area (Å²) in [6.07, 6.45) is 1.38. The van der Waals surface area contributed by atoms with E-state index in [1.807, 2.05) is 6.92 Å². The van der Waals surface area contributed by atoms with Crippen LogP contribution in [0.1, 0.15) is 6.92 Å².